The van der Waals surface area contributed by atoms with Crippen molar-refractivity contribution in [2.24, 2.45) is 5.92 Å². The lowest BCUT2D eigenvalue weighted by molar-refractivity contribution is -0.140. The van der Waals surface area contributed by atoms with Crippen molar-refractivity contribution in [1.82, 2.24) is 4.90 Å². The van der Waals surface area contributed by atoms with Crippen LogP contribution in [0.25, 0.3) is 21.5 Å². The minimum atomic E-state index is -0.929. The molecule has 0 bridgehead atoms. The third-order valence-electron chi connectivity index (χ3n) is 9.63. The second-order valence-electron chi connectivity index (χ2n) is 14.6. The minimum Gasteiger partial charge on any atom is -0.494 e. The lowest BCUT2D eigenvalue weighted by Gasteiger charge is -2.11. The Morgan fingerprint density at radius 3 is 1.49 bits per heavy atom. The van der Waals surface area contributed by atoms with Crippen molar-refractivity contribution in [3.05, 3.63) is 109 Å². The van der Waals surface area contributed by atoms with Gasteiger partial charge in [0.25, 0.3) is 0 Å². The van der Waals surface area contributed by atoms with E-state index in [0.29, 0.717) is 39.4 Å². The molecule has 1 N–H and O–H groups in total. The zero-order valence-corrected chi connectivity index (χ0v) is 35.7. The number of ether oxygens (including phenoxy) is 4. The predicted octanol–water partition coefficient (Wildman–Crippen LogP) is 9.71. The number of unbranched alkanes of at least 4 members (excludes halogenated alkanes) is 6. The predicted molar refractivity (Wildman–Crippen MR) is 236 cm³/mol. The van der Waals surface area contributed by atoms with Crippen LogP contribution in [-0.4, -0.2) is 78.5 Å². The van der Waals surface area contributed by atoms with Gasteiger partial charge in [0, 0.05) is 36.6 Å². The molecule has 0 saturated carbocycles. The van der Waals surface area contributed by atoms with Crippen LogP contribution in [0.5, 0.6) is 11.5 Å². The monoisotopic (exact) mass is 837 g/mol. The van der Waals surface area contributed by atoms with E-state index >= 15 is 0 Å². The Labute approximate surface area is 358 Å². The molecule has 1 fully saturated rings. The molecule has 2 amide bonds. The topological polar surface area (TPSA) is 163 Å². The average molecular weight is 838 g/mol. The fraction of sp³-hybridized carbons (Fsp3) is 0.388. The Morgan fingerprint density at radius 1 is 0.656 bits per heavy atom. The molecule has 0 spiro atoms. The number of amides is 2. The molecule has 326 valence electrons. The highest BCUT2D eigenvalue weighted by atomic mass is 16.5. The molecule has 12 heteroatoms. The van der Waals surface area contributed by atoms with Crippen molar-refractivity contribution in [2.45, 2.75) is 85.0 Å². The zero-order valence-electron chi connectivity index (χ0n) is 35.7. The fourth-order valence-electron chi connectivity index (χ4n) is 6.24. The van der Waals surface area contributed by atoms with E-state index in [1.54, 1.807) is 32.0 Å². The number of esters is 2. The van der Waals surface area contributed by atoms with Crippen molar-refractivity contribution in [3.63, 3.8) is 0 Å². The molecule has 0 aromatic heterocycles. The van der Waals surface area contributed by atoms with Gasteiger partial charge in [0.05, 0.1) is 32.0 Å². The van der Waals surface area contributed by atoms with E-state index in [9.17, 15) is 28.8 Å². The van der Waals surface area contributed by atoms with Crippen LogP contribution in [0.2, 0.25) is 0 Å². The van der Waals surface area contributed by atoms with E-state index in [2.05, 4.69) is 13.2 Å². The standard InChI is InChI=1S/C21H24O4.C20H22O5.C8H13NO2/c1-3-21(23)25-13-7-5-4-6-12-24-20-11-10-18-14-17(16(2)22)8-9-19(18)15-20;1-2-19(21)25-12-6-4-3-5-11-24-18-10-9-15-13-17(20(22)23)8-7-16(15)14-18;1-3-4-9-7(10)5-6(2)8(9)11/h3,8-11,14-15H,1,4-7,12-13H2,2H3;2,7-10,13-14H,1,3-6,11-12H2,(H,22,23);6H,3-5H2,1-2H3. The minimum absolute atomic E-state index is 0.00292. The number of carboxylic acid groups (broad SMARTS) is 1. The molecule has 5 rings (SSSR count). The number of imide groups is 1. The molecular formula is C49H59NO11. The number of carboxylic acids is 1. The Morgan fingerprint density at radius 2 is 1.08 bits per heavy atom. The van der Waals surface area contributed by atoms with Crippen LogP contribution in [0.1, 0.15) is 106 Å². The summed E-state index contributed by atoms with van der Waals surface area (Å²) in [6.45, 7) is 14.8. The number of rotatable bonds is 22. The molecule has 0 radical (unpaired) electrons. The van der Waals surface area contributed by atoms with Gasteiger partial charge in [-0.3, -0.25) is 19.3 Å². The second kappa shape index (κ2) is 26.7. The van der Waals surface area contributed by atoms with E-state index in [0.717, 1.165) is 96.4 Å². The van der Waals surface area contributed by atoms with Gasteiger partial charge in [0.15, 0.2) is 5.78 Å². The number of carbonyl (C=O) groups is 6. The van der Waals surface area contributed by atoms with Gasteiger partial charge in [-0.25, -0.2) is 14.4 Å². The van der Waals surface area contributed by atoms with Crippen LogP contribution in [-0.2, 0) is 28.7 Å². The Kier molecular flexibility index (Phi) is 21.5. The molecule has 1 unspecified atom stereocenters. The number of aromatic carboxylic acids is 1. The second-order valence-corrected chi connectivity index (χ2v) is 14.6. The van der Waals surface area contributed by atoms with E-state index < -0.39 is 5.97 Å². The lowest BCUT2D eigenvalue weighted by atomic mass is 10.0. The molecule has 1 heterocycles. The van der Waals surface area contributed by atoms with E-state index in [1.165, 1.54) is 17.1 Å². The van der Waals surface area contributed by atoms with Crippen LogP contribution in [0.3, 0.4) is 0 Å². The van der Waals surface area contributed by atoms with Gasteiger partial charge < -0.3 is 24.1 Å². The Hall–Kier alpha value is -6.30. The maximum absolute atomic E-state index is 11.4. The van der Waals surface area contributed by atoms with Crippen molar-refractivity contribution < 1.29 is 52.8 Å². The first-order valence-corrected chi connectivity index (χ1v) is 20.9. The van der Waals surface area contributed by atoms with Gasteiger partial charge in [0.1, 0.15) is 11.5 Å². The molecule has 61 heavy (non-hydrogen) atoms. The summed E-state index contributed by atoms with van der Waals surface area (Å²) in [7, 11) is 0. The van der Waals surface area contributed by atoms with Gasteiger partial charge in [0.2, 0.25) is 11.8 Å². The smallest absolute Gasteiger partial charge is 0.335 e. The summed E-state index contributed by atoms with van der Waals surface area (Å²) in [5.41, 5.74) is 1.000. The number of ketones is 1. The first-order chi connectivity index (χ1) is 29.4. The Bertz CT molecular complexity index is 2000. The molecule has 12 nitrogen and oxygen atoms in total. The van der Waals surface area contributed by atoms with E-state index in [4.69, 9.17) is 24.1 Å². The molecule has 1 saturated heterocycles. The molecule has 4 aromatic rings. The van der Waals surface area contributed by atoms with Crippen LogP contribution in [0.15, 0.2) is 98.1 Å². The normalized spacial score (nSPS) is 13.0. The van der Waals surface area contributed by atoms with Gasteiger partial charge in [-0.05, 0) is 129 Å². The summed E-state index contributed by atoms with van der Waals surface area (Å²) in [5.74, 6) is -0.0955. The summed E-state index contributed by atoms with van der Waals surface area (Å²) in [6.07, 6.45) is 11.2. The van der Waals surface area contributed by atoms with Gasteiger partial charge in [-0.2, -0.15) is 0 Å². The average Bonchev–Trinajstić information content (AvgIpc) is 3.50. The van der Waals surface area contributed by atoms with Gasteiger partial charge >= 0.3 is 17.9 Å². The number of fused-ring (bicyclic) bond motifs is 2. The third-order valence-corrected chi connectivity index (χ3v) is 9.63. The maximum atomic E-state index is 11.4. The van der Waals surface area contributed by atoms with E-state index in [-0.39, 0.29) is 41.0 Å². The molecule has 1 aliphatic rings. The molecule has 1 aliphatic heterocycles. The summed E-state index contributed by atoms with van der Waals surface area (Å²) in [6, 6.07) is 22.3. The van der Waals surface area contributed by atoms with Crippen molar-refractivity contribution in [1.29, 1.82) is 0 Å². The number of hydrogen-bond acceptors (Lipinski definition) is 10. The number of Topliss-reactive ketones (excluding diaryl/α,β-unsaturated/α-hetero) is 1. The quantitative estimate of drug-likeness (QED) is 0.0264. The number of benzene rings is 4. The summed E-state index contributed by atoms with van der Waals surface area (Å²) in [5, 5.41) is 12.9. The van der Waals surface area contributed by atoms with Crippen LogP contribution in [0.4, 0.5) is 0 Å². The molecule has 1 atom stereocenters. The number of carbonyl (C=O) groups excluding carboxylic acids is 5. The fourth-order valence-corrected chi connectivity index (χ4v) is 6.24. The van der Waals surface area contributed by atoms with Crippen molar-refractivity contribution in [3.8, 4) is 11.5 Å². The zero-order chi connectivity index (χ0) is 44.6. The maximum Gasteiger partial charge on any atom is 0.335 e. The van der Waals surface area contributed by atoms with Crippen LogP contribution >= 0.6 is 0 Å². The summed E-state index contributed by atoms with van der Waals surface area (Å²) < 4.78 is 21.4. The van der Waals surface area contributed by atoms with Gasteiger partial charge in [-0.1, -0.05) is 57.3 Å². The summed E-state index contributed by atoms with van der Waals surface area (Å²) in [4.78, 5) is 67.8. The van der Waals surface area contributed by atoms with E-state index in [1.807, 2.05) is 61.5 Å². The first-order valence-electron chi connectivity index (χ1n) is 20.9. The van der Waals surface area contributed by atoms with Crippen molar-refractivity contribution >= 4 is 57.1 Å². The molecule has 4 aromatic carbocycles. The highest BCUT2D eigenvalue weighted by Crippen LogP contribution is 2.24. The number of nitrogens with zero attached hydrogens (tertiary/aromatic N) is 1. The third kappa shape index (κ3) is 17.4. The molecular weight excluding hydrogens is 779 g/mol. The highest BCUT2D eigenvalue weighted by molar-refractivity contribution is 6.03. The SMILES string of the molecule is C=CC(=O)OCCCCCCOc1ccc2cc(C(=O)O)ccc2c1.C=CC(=O)OCCCCCCOc1ccc2cc(C(C)=O)ccc2c1.CCCN1C(=O)CC(C)C1=O. The van der Waals surface area contributed by atoms with Crippen LogP contribution < -0.4 is 9.47 Å². The molecule has 0 aliphatic carbocycles. The summed E-state index contributed by atoms with van der Waals surface area (Å²) >= 11 is 0. The Balaban J connectivity index is 0.000000262. The van der Waals surface area contributed by atoms with Crippen molar-refractivity contribution in [2.75, 3.05) is 33.0 Å². The van der Waals surface area contributed by atoms with Crippen LogP contribution in [0, 0.1) is 5.92 Å². The highest BCUT2D eigenvalue weighted by Gasteiger charge is 2.34. The lowest BCUT2D eigenvalue weighted by Crippen LogP contribution is -2.30. The number of likely N-dealkylation sites (tertiary alicyclic amines) is 1. The number of hydrogen-bond donors (Lipinski definition) is 1. The van der Waals surface area contributed by atoms with Gasteiger partial charge in [-0.15, -0.1) is 0 Å². The largest absolute Gasteiger partial charge is 0.494 e. The first kappa shape index (κ1) is 49.1.